The average molecular weight is 381 g/mol. The molecule has 1 aliphatic rings. The third-order valence-electron chi connectivity index (χ3n) is 4.66. The molecule has 0 radical (unpaired) electrons. The van der Waals surface area contributed by atoms with Crippen LogP contribution in [0.15, 0.2) is 66.9 Å². The lowest BCUT2D eigenvalue weighted by Gasteiger charge is -2.13. The Balaban J connectivity index is 0.000000941. The van der Waals surface area contributed by atoms with Gasteiger partial charge in [0.05, 0.1) is 5.69 Å². The number of fused-ring (bicyclic) bond motifs is 1. The van der Waals surface area contributed by atoms with E-state index >= 15 is 0 Å². The zero-order chi connectivity index (χ0) is 21.6. The van der Waals surface area contributed by atoms with Gasteiger partial charge in [-0.2, -0.15) is 0 Å². The maximum Gasteiger partial charge on any atom is 0.0709 e. The quantitative estimate of drug-likeness (QED) is 0.443. The molecule has 29 heavy (non-hydrogen) atoms. The van der Waals surface area contributed by atoms with E-state index in [1.54, 1.807) is 6.92 Å². The first-order chi connectivity index (χ1) is 13.8. The zero-order valence-electron chi connectivity index (χ0n) is 18.0. The molecule has 1 N–H and O–H groups in total. The van der Waals surface area contributed by atoms with Gasteiger partial charge in [0.15, 0.2) is 0 Å². The first kappa shape index (κ1) is 21.9. The van der Waals surface area contributed by atoms with Crippen molar-refractivity contribution in [3.8, 4) is 23.1 Å². The van der Waals surface area contributed by atoms with Crippen molar-refractivity contribution in [3.63, 3.8) is 0 Å². The van der Waals surface area contributed by atoms with Gasteiger partial charge in [0.2, 0.25) is 0 Å². The smallest absolute Gasteiger partial charge is 0.0709 e. The van der Waals surface area contributed by atoms with E-state index in [1.165, 1.54) is 6.21 Å². The minimum atomic E-state index is 0.944. The van der Waals surface area contributed by atoms with Crippen LogP contribution in [0.4, 0.5) is 0 Å². The molecule has 1 aliphatic carbocycles. The van der Waals surface area contributed by atoms with E-state index in [0.29, 0.717) is 0 Å². The van der Waals surface area contributed by atoms with Gasteiger partial charge in [-0.1, -0.05) is 54.8 Å². The molecule has 0 amide bonds. The summed E-state index contributed by atoms with van der Waals surface area (Å²) >= 11 is 0. The molecule has 3 rings (SSSR count). The number of rotatable bonds is 3. The summed E-state index contributed by atoms with van der Waals surface area (Å²) < 4.78 is 0. The van der Waals surface area contributed by atoms with Gasteiger partial charge >= 0.3 is 0 Å². The highest BCUT2D eigenvalue weighted by Crippen LogP contribution is 2.34. The summed E-state index contributed by atoms with van der Waals surface area (Å²) in [5.41, 5.74) is 10.6. The number of aromatic nitrogens is 1. The van der Waals surface area contributed by atoms with E-state index in [-0.39, 0.29) is 0 Å². The number of benzene rings is 1. The minimum absolute atomic E-state index is 0.944. The van der Waals surface area contributed by atoms with Crippen molar-refractivity contribution in [1.82, 2.24) is 4.98 Å². The molecule has 0 unspecified atom stereocenters. The topological polar surface area (TPSA) is 36.7 Å². The lowest BCUT2D eigenvalue weighted by atomic mass is 9.93. The van der Waals surface area contributed by atoms with Crippen molar-refractivity contribution >= 4 is 22.9 Å². The summed E-state index contributed by atoms with van der Waals surface area (Å²) in [6, 6.07) is 10.5. The van der Waals surface area contributed by atoms with Crippen molar-refractivity contribution in [3.05, 3.63) is 83.6 Å². The first-order valence-corrected chi connectivity index (χ1v) is 9.61. The highest BCUT2D eigenvalue weighted by molar-refractivity contribution is 5.93. The lowest BCUT2D eigenvalue weighted by molar-refractivity contribution is 1.28. The van der Waals surface area contributed by atoms with Crippen LogP contribution in [0.5, 0.6) is 0 Å². The Morgan fingerprint density at radius 1 is 1.03 bits per heavy atom. The third-order valence-corrected chi connectivity index (χ3v) is 4.66. The standard InChI is InChI=1S/C25H23N.C2H5N/c1-7-19-11-12-22(17(4)5)18(6)24-15-26-25(14-23(19)24)21-10-8-9-20(13-21)16(2)3;1-2-3/h7-10,13-15H,2,4H2,1,3,5-6H3;2-3H,1H3/b19-7-;. The van der Waals surface area contributed by atoms with Crippen LogP contribution >= 0.6 is 0 Å². The molecule has 0 fully saturated rings. The predicted molar refractivity (Wildman–Crippen MR) is 128 cm³/mol. The largest absolute Gasteiger partial charge is 0.313 e. The Hall–Kier alpha value is -3.44. The summed E-state index contributed by atoms with van der Waals surface area (Å²) in [7, 11) is 0. The first-order valence-electron chi connectivity index (χ1n) is 9.61. The highest BCUT2D eigenvalue weighted by Gasteiger charge is 2.16. The van der Waals surface area contributed by atoms with Crippen LogP contribution < -0.4 is 0 Å². The van der Waals surface area contributed by atoms with E-state index in [9.17, 15) is 0 Å². The van der Waals surface area contributed by atoms with Gasteiger partial charge in [-0.25, -0.2) is 0 Å². The Morgan fingerprint density at radius 2 is 1.72 bits per heavy atom. The summed E-state index contributed by atoms with van der Waals surface area (Å²) in [6.07, 6.45) is 5.27. The fraction of sp³-hybridized carbons (Fsp3) is 0.185. The second-order valence-electron chi connectivity index (χ2n) is 7.00. The van der Waals surface area contributed by atoms with Gasteiger partial charge in [0.25, 0.3) is 0 Å². The number of allylic oxidation sites excluding steroid dienone is 6. The van der Waals surface area contributed by atoms with Crippen LogP contribution in [-0.2, 0) is 0 Å². The normalized spacial score (nSPS) is 13.3. The molecule has 1 aromatic carbocycles. The number of pyridine rings is 1. The Labute approximate surface area is 174 Å². The van der Waals surface area contributed by atoms with Crippen molar-refractivity contribution < 1.29 is 0 Å². The SMILES string of the molecule is C=C(C)C1=C(C)c2cnc(-c3cccc(C(=C)C)c3)cc2/C(=C\C)C#C1.CC=N. The van der Waals surface area contributed by atoms with E-state index in [4.69, 9.17) is 10.4 Å². The highest BCUT2D eigenvalue weighted by atomic mass is 14.7. The lowest BCUT2D eigenvalue weighted by Crippen LogP contribution is -1.96. The maximum absolute atomic E-state index is 6.08. The van der Waals surface area contributed by atoms with E-state index in [1.807, 2.05) is 33.0 Å². The summed E-state index contributed by atoms with van der Waals surface area (Å²) in [5.74, 6) is 6.59. The van der Waals surface area contributed by atoms with Crippen LogP contribution in [0.3, 0.4) is 0 Å². The minimum Gasteiger partial charge on any atom is -0.313 e. The molecular weight excluding hydrogens is 352 g/mol. The molecule has 0 spiro atoms. The number of nitrogens with one attached hydrogen (secondary N) is 1. The average Bonchev–Trinajstić information content (AvgIpc) is 2.84. The van der Waals surface area contributed by atoms with Gasteiger partial charge in [-0.15, -0.1) is 0 Å². The van der Waals surface area contributed by atoms with Crippen LogP contribution in [0.1, 0.15) is 51.3 Å². The predicted octanol–water partition coefficient (Wildman–Crippen LogP) is 7.21. The van der Waals surface area contributed by atoms with Crippen LogP contribution in [-0.4, -0.2) is 11.2 Å². The van der Waals surface area contributed by atoms with Gasteiger partial charge in [0.1, 0.15) is 0 Å². The molecule has 0 aliphatic heterocycles. The van der Waals surface area contributed by atoms with E-state index < -0.39 is 0 Å². The van der Waals surface area contributed by atoms with Gasteiger partial charge < -0.3 is 5.41 Å². The summed E-state index contributed by atoms with van der Waals surface area (Å²) in [6.45, 7) is 17.9. The van der Waals surface area contributed by atoms with Crippen molar-refractivity contribution in [2.45, 2.75) is 34.6 Å². The molecular formula is C27H28N2. The number of hydrogen-bond donors (Lipinski definition) is 1. The van der Waals surface area contributed by atoms with Crippen molar-refractivity contribution in [1.29, 1.82) is 5.41 Å². The molecule has 0 saturated heterocycles. The van der Waals surface area contributed by atoms with Gasteiger partial charge in [-0.3, -0.25) is 4.98 Å². The van der Waals surface area contributed by atoms with Crippen LogP contribution in [0, 0.1) is 17.3 Å². The molecule has 0 saturated carbocycles. The fourth-order valence-corrected chi connectivity index (χ4v) is 3.16. The molecule has 1 aromatic heterocycles. The molecule has 1 heterocycles. The van der Waals surface area contributed by atoms with Gasteiger partial charge in [0, 0.05) is 34.0 Å². The Kier molecular flexibility index (Phi) is 7.28. The number of hydrogen-bond acceptors (Lipinski definition) is 2. The maximum atomic E-state index is 6.08. The van der Waals surface area contributed by atoms with E-state index in [2.05, 4.69) is 62.3 Å². The molecule has 0 atom stereocenters. The van der Waals surface area contributed by atoms with E-state index in [0.717, 1.165) is 55.8 Å². The van der Waals surface area contributed by atoms with Crippen molar-refractivity contribution in [2.75, 3.05) is 0 Å². The monoisotopic (exact) mass is 380 g/mol. The summed E-state index contributed by atoms with van der Waals surface area (Å²) in [4.78, 5) is 4.74. The second-order valence-corrected chi connectivity index (χ2v) is 7.00. The van der Waals surface area contributed by atoms with Gasteiger partial charge in [-0.05, 0) is 69.7 Å². The zero-order valence-corrected chi connectivity index (χ0v) is 18.0. The van der Waals surface area contributed by atoms with Crippen molar-refractivity contribution in [2.24, 2.45) is 0 Å². The third kappa shape index (κ3) is 4.89. The molecule has 2 aromatic rings. The van der Waals surface area contributed by atoms with Crippen LogP contribution in [0.2, 0.25) is 0 Å². The summed E-state index contributed by atoms with van der Waals surface area (Å²) in [5, 5.41) is 6.08. The Morgan fingerprint density at radius 3 is 2.31 bits per heavy atom. The number of nitrogens with zero attached hydrogens (tertiary/aromatic N) is 1. The molecule has 0 bridgehead atoms. The molecule has 2 heteroatoms. The van der Waals surface area contributed by atoms with Crippen LogP contribution in [0.25, 0.3) is 28.0 Å². The fourth-order valence-electron chi connectivity index (χ4n) is 3.16. The molecule has 2 nitrogen and oxygen atoms in total. The molecule has 146 valence electrons. The Bertz CT molecular complexity index is 1100. The second kappa shape index (κ2) is 9.66.